The molecule has 0 unspecified atom stereocenters. The number of fused-ring (bicyclic) bond motifs is 1. The second-order valence-electron chi connectivity index (χ2n) is 9.25. The van der Waals surface area contributed by atoms with Crippen molar-refractivity contribution in [1.82, 2.24) is 4.90 Å². The van der Waals surface area contributed by atoms with Crippen LogP contribution < -0.4 is 4.74 Å². The van der Waals surface area contributed by atoms with Crippen LogP contribution in [0.4, 0.5) is 4.39 Å². The van der Waals surface area contributed by atoms with E-state index in [9.17, 15) is 14.3 Å². The highest BCUT2D eigenvalue weighted by Gasteiger charge is 2.60. The van der Waals surface area contributed by atoms with E-state index in [0.29, 0.717) is 18.2 Å². The highest BCUT2D eigenvalue weighted by atomic mass is 19.1. The van der Waals surface area contributed by atoms with E-state index in [0.717, 1.165) is 19.3 Å². The second kappa shape index (κ2) is 6.61. The SMILES string of the molecule is CN(C)C[C@H]1CC[C@@H]2C[C@@H]2[C@]1(O)c1cc(OC(=O)C(C)(C)C)ccc1F. The van der Waals surface area contributed by atoms with Crippen molar-refractivity contribution >= 4 is 5.97 Å². The molecule has 2 saturated carbocycles. The summed E-state index contributed by atoms with van der Waals surface area (Å²) < 4.78 is 20.2. The molecule has 0 amide bonds. The molecule has 0 saturated heterocycles. The highest BCUT2D eigenvalue weighted by Crippen LogP contribution is 2.61. The van der Waals surface area contributed by atoms with Gasteiger partial charge in [-0.05, 0) is 84.2 Å². The summed E-state index contributed by atoms with van der Waals surface area (Å²) in [6.45, 7) is 6.02. The molecule has 0 bridgehead atoms. The first-order valence-corrected chi connectivity index (χ1v) is 9.43. The molecule has 144 valence electrons. The van der Waals surface area contributed by atoms with Crippen LogP contribution in [-0.4, -0.2) is 36.6 Å². The van der Waals surface area contributed by atoms with Gasteiger partial charge in [-0.3, -0.25) is 4.79 Å². The number of hydrogen-bond donors (Lipinski definition) is 1. The van der Waals surface area contributed by atoms with Crippen LogP contribution in [0.3, 0.4) is 0 Å². The molecule has 5 heteroatoms. The Kier molecular flexibility index (Phi) is 4.91. The van der Waals surface area contributed by atoms with Crippen LogP contribution >= 0.6 is 0 Å². The summed E-state index contributed by atoms with van der Waals surface area (Å²) >= 11 is 0. The summed E-state index contributed by atoms with van der Waals surface area (Å²) in [6.07, 6.45) is 2.90. The fourth-order valence-electron chi connectivity index (χ4n) is 4.27. The lowest BCUT2D eigenvalue weighted by Gasteiger charge is -2.42. The highest BCUT2D eigenvalue weighted by molar-refractivity contribution is 5.77. The molecule has 2 aliphatic rings. The van der Waals surface area contributed by atoms with Crippen LogP contribution in [0.15, 0.2) is 18.2 Å². The monoisotopic (exact) mass is 363 g/mol. The number of nitrogens with zero attached hydrogens (tertiary/aromatic N) is 1. The number of carbonyl (C=O) groups excluding carboxylic acids is 1. The van der Waals surface area contributed by atoms with Crippen molar-refractivity contribution in [2.24, 2.45) is 23.2 Å². The van der Waals surface area contributed by atoms with Gasteiger partial charge in [-0.25, -0.2) is 4.39 Å². The zero-order valence-corrected chi connectivity index (χ0v) is 16.4. The first kappa shape index (κ1) is 19.3. The maximum Gasteiger partial charge on any atom is 0.316 e. The van der Waals surface area contributed by atoms with E-state index in [4.69, 9.17) is 4.74 Å². The smallest absolute Gasteiger partial charge is 0.316 e. The molecule has 0 spiro atoms. The van der Waals surface area contributed by atoms with Crippen LogP contribution in [0, 0.1) is 29.0 Å². The van der Waals surface area contributed by atoms with Gasteiger partial charge in [-0.1, -0.05) is 0 Å². The third kappa shape index (κ3) is 3.52. The number of halogens is 1. The summed E-state index contributed by atoms with van der Waals surface area (Å²) in [6, 6.07) is 4.29. The average Bonchev–Trinajstić information content (AvgIpc) is 3.31. The molecule has 2 fully saturated rings. The minimum absolute atomic E-state index is 0.0377. The number of esters is 1. The van der Waals surface area contributed by atoms with Crippen LogP contribution in [0.25, 0.3) is 0 Å². The van der Waals surface area contributed by atoms with E-state index in [-0.39, 0.29) is 23.4 Å². The topological polar surface area (TPSA) is 49.8 Å². The van der Waals surface area contributed by atoms with Gasteiger partial charge in [0.05, 0.1) is 11.0 Å². The largest absolute Gasteiger partial charge is 0.426 e. The van der Waals surface area contributed by atoms with E-state index >= 15 is 0 Å². The Morgan fingerprint density at radius 2 is 2.04 bits per heavy atom. The van der Waals surface area contributed by atoms with Gasteiger partial charge >= 0.3 is 5.97 Å². The Balaban J connectivity index is 1.95. The van der Waals surface area contributed by atoms with Gasteiger partial charge in [0, 0.05) is 18.0 Å². The van der Waals surface area contributed by atoms with Crippen molar-refractivity contribution in [3.8, 4) is 5.75 Å². The van der Waals surface area contributed by atoms with E-state index < -0.39 is 16.8 Å². The van der Waals surface area contributed by atoms with E-state index in [2.05, 4.69) is 0 Å². The Morgan fingerprint density at radius 3 is 2.65 bits per heavy atom. The summed E-state index contributed by atoms with van der Waals surface area (Å²) in [5.41, 5.74) is -1.58. The van der Waals surface area contributed by atoms with E-state index in [1.165, 1.54) is 18.2 Å². The fourth-order valence-corrected chi connectivity index (χ4v) is 4.27. The van der Waals surface area contributed by atoms with Crippen molar-refractivity contribution in [3.63, 3.8) is 0 Å². The molecule has 1 aromatic rings. The van der Waals surface area contributed by atoms with Crippen molar-refractivity contribution in [3.05, 3.63) is 29.6 Å². The van der Waals surface area contributed by atoms with Crippen LogP contribution in [0.2, 0.25) is 0 Å². The molecular formula is C21H30FNO3. The van der Waals surface area contributed by atoms with Gasteiger partial charge in [0.15, 0.2) is 0 Å². The van der Waals surface area contributed by atoms with Gasteiger partial charge in [-0.15, -0.1) is 0 Å². The Bertz CT molecular complexity index is 697. The zero-order chi connectivity index (χ0) is 19.3. The maximum absolute atomic E-state index is 14.8. The number of hydrogen-bond acceptors (Lipinski definition) is 4. The second-order valence-corrected chi connectivity index (χ2v) is 9.25. The minimum Gasteiger partial charge on any atom is -0.426 e. The molecule has 0 aromatic heterocycles. The zero-order valence-electron chi connectivity index (χ0n) is 16.4. The molecule has 0 radical (unpaired) electrons. The number of rotatable bonds is 4. The van der Waals surface area contributed by atoms with Gasteiger partial charge in [-0.2, -0.15) is 0 Å². The van der Waals surface area contributed by atoms with E-state index in [1.54, 1.807) is 20.8 Å². The van der Waals surface area contributed by atoms with Crippen molar-refractivity contribution in [1.29, 1.82) is 0 Å². The molecule has 1 aromatic carbocycles. The molecule has 26 heavy (non-hydrogen) atoms. The summed E-state index contributed by atoms with van der Waals surface area (Å²) in [5.74, 6) is 0.00695. The molecule has 4 nitrogen and oxygen atoms in total. The molecule has 2 aliphatic carbocycles. The van der Waals surface area contributed by atoms with Crippen molar-refractivity contribution < 1.29 is 19.0 Å². The van der Waals surface area contributed by atoms with Gasteiger partial charge in [0.2, 0.25) is 0 Å². The molecular weight excluding hydrogens is 333 g/mol. The molecule has 4 atom stereocenters. The molecule has 1 N–H and O–H groups in total. The van der Waals surface area contributed by atoms with Gasteiger partial charge in [0.25, 0.3) is 0 Å². The Hall–Kier alpha value is -1.46. The van der Waals surface area contributed by atoms with E-state index in [1.807, 2.05) is 19.0 Å². The van der Waals surface area contributed by atoms with Crippen LogP contribution in [0.1, 0.15) is 45.6 Å². The lowest BCUT2D eigenvalue weighted by Crippen LogP contribution is -2.45. The first-order valence-electron chi connectivity index (χ1n) is 9.43. The lowest BCUT2D eigenvalue weighted by atomic mass is 9.70. The standard InChI is InChI=1S/C21H30FNO3/c1-20(2,3)19(24)26-15-8-9-18(22)17(11-15)21(25)14(12-23(4)5)7-6-13-10-16(13)21/h8-9,11,13-14,16,25H,6-7,10,12H2,1-5H3/t13-,14-,16+,21+/m1/s1. The number of aliphatic hydroxyl groups is 1. The first-order chi connectivity index (χ1) is 12.0. The summed E-state index contributed by atoms with van der Waals surface area (Å²) in [4.78, 5) is 14.2. The Labute approximate surface area is 155 Å². The predicted molar refractivity (Wildman–Crippen MR) is 98.3 cm³/mol. The summed E-state index contributed by atoms with van der Waals surface area (Å²) in [5, 5.41) is 11.7. The fraction of sp³-hybridized carbons (Fsp3) is 0.667. The normalized spacial score (nSPS) is 30.8. The van der Waals surface area contributed by atoms with Crippen molar-refractivity contribution in [2.45, 2.75) is 45.6 Å². The molecule has 0 heterocycles. The maximum atomic E-state index is 14.8. The average molecular weight is 363 g/mol. The number of carbonyl (C=O) groups is 1. The Morgan fingerprint density at radius 1 is 1.35 bits per heavy atom. The third-order valence-corrected chi connectivity index (χ3v) is 5.77. The number of benzene rings is 1. The number of ether oxygens (including phenoxy) is 1. The third-order valence-electron chi connectivity index (χ3n) is 5.77. The molecule has 0 aliphatic heterocycles. The van der Waals surface area contributed by atoms with Crippen LogP contribution in [-0.2, 0) is 10.4 Å². The van der Waals surface area contributed by atoms with Crippen molar-refractivity contribution in [2.75, 3.05) is 20.6 Å². The van der Waals surface area contributed by atoms with Gasteiger partial charge in [0.1, 0.15) is 11.6 Å². The molecule has 3 rings (SSSR count). The minimum atomic E-state index is -1.21. The summed E-state index contributed by atoms with van der Waals surface area (Å²) in [7, 11) is 3.94. The predicted octanol–water partition coefficient (Wildman–Crippen LogP) is 3.57. The van der Waals surface area contributed by atoms with Crippen LogP contribution in [0.5, 0.6) is 5.75 Å². The van der Waals surface area contributed by atoms with Gasteiger partial charge < -0.3 is 14.7 Å². The quantitative estimate of drug-likeness (QED) is 0.656. The lowest BCUT2D eigenvalue weighted by molar-refractivity contribution is -0.143.